The molecule has 0 aromatic carbocycles. The highest BCUT2D eigenvalue weighted by Gasteiger charge is 2.17. The number of hydrogen-bond donors (Lipinski definition) is 2. The standard InChI is InChI=1S/C9H13BrN2O2S/c1-5(2)6(3-8(13)14)11-9-12-7(10)4-15-9/h4-6H,3H2,1-2H3,(H,11,12)(H,13,14). The monoisotopic (exact) mass is 292 g/mol. The van der Waals surface area contributed by atoms with Gasteiger partial charge in [0.25, 0.3) is 0 Å². The molecule has 1 rings (SSSR count). The molecular weight excluding hydrogens is 280 g/mol. The summed E-state index contributed by atoms with van der Waals surface area (Å²) in [6.07, 6.45) is 0.106. The number of carbonyl (C=O) groups is 1. The maximum Gasteiger partial charge on any atom is 0.305 e. The highest BCUT2D eigenvalue weighted by Crippen LogP contribution is 2.22. The van der Waals surface area contributed by atoms with Crippen LogP contribution >= 0.6 is 27.3 Å². The summed E-state index contributed by atoms with van der Waals surface area (Å²) in [5.74, 6) is -0.541. The van der Waals surface area contributed by atoms with Crippen LogP contribution in [0.4, 0.5) is 5.13 Å². The Kier molecular flexibility index (Phi) is 4.53. The van der Waals surface area contributed by atoms with Gasteiger partial charge in [-0.15, -0.1) is 11.3 Å². The second-order valence-electron chi connectivity index (χ2n) is 3.57. The fraction of sp³-hybridized carbons (Fsp3) is 0.556. The molecule has 1 unspecified atom stereocenters. The van der Waals surface area contributed by atoms with E-state index in [9.17, 15) is 4.79 Å². The van der Waals surface area contributed by atoms with E-state index in [1.54, 1.807) is 0 Å². The lowest BCUT2D eigenvalue weighted by Crippen LogP contribution is -2.28. The Balaban J connectivity index is 2.62. The lowest BCUT2D eigenvalue weighted by atomic mass is 10.0. The molecule has 15 heavy (non-hydrogen) atoms. The average Bonchev–Trinajstić information content (AvgIpc) is 2.49. The predicted molar refractivity (Wildman–Crippen MR) is 64.3 cm³/mol. The normalized spacial score (nSPS) is 12.8. The number of halogens is 1. The van der Waals surface area contributed by atoms with Crippen LogP contribution in [-0.4, -0.2) is 22.1 Å². The van der Waals surface area contributed by atoms with E-state index in [0.29, 0.717) is 0 Å². The number of thiazole rings is 1. The second kappa shape index (κ2) is 5.46. The number of aliphatic carboxylic acids is 1. The Morgan fingerprint density at radius 1 is 1.73 bits per heavy atom. The number of anilines is 1. The van der Waals surface area contributed by atoms with E-state index in [1.807, 2.05) is 19.2 Å². The molecule has 0 radical (unpaired) electrons. The molecule has 0 aliphatic heterocycles. The van der Waals surface area contributed by atoms with Crippen molar-refractivity contribution in [3.05, 3.63) is 9.98 Å². The molecule has 0 aliphatic rings. The van der Waals surface area contributed by atoms with Gasteiger partial charge in [0.1, 0.15) is 4.60 Å². The van der Waals surface area contributed by atoms with Crippen molar-refractivity contribution in [2.24, 2.45) is 5.92 Å². The third-order valence-electron chi connectivity index (χ3n) is 1.98. The highest BCUT2D eigenvalue weighted by molar-refractivity contribution is 9.10. The van der Waals surface area contributed by atoms with Gasteiger partial charge in [-0.1, -0.05) is 13.8 Å². The van der Waals surface area contributed by atoms with Crippen molar-refractivity contribution in [3.8, 4) is 0 Å². The Hall–Kier alpha value is -0.620. The predicted octanol–water partition coefficient (Wildman–Crippen LogP) is 2.82. The first-order chi connectivity index (χ1) is 6.99. The van der Waals surface area contributed by atoms with E-state index in [4.69, 9.17) is 5.11 Å². The molecule has 0 saturated carbocycles. The van der Waals surface area contributed by atoms with Crippen molar-refractivity contribution in [2.45, 2.75) is 26.3 Å². The number of carboxylic acid groups (broad SMARTS) is 1. The van der Waals surface area contributed by atoms with Crippen molar-refractivity contribution in [2.75, 3.05) is 5.32 Å². The fourth-order valence-corrected chi connectivity index (χ4v) is 2.33. The van der Waals surface area contributed by atoms with Gasteiger partial charge in [0.05, 0.1) is 6.42 Å². The van der Waals surface area contributed by atoms with Gasteiger partial charge in [0.15, 0.2) is 5.13 Å². The number of rotatable bonds is 5. The molecule has 2 N–H and O–H groups in total. The van der Waals surface area contributed by atoms with E-state index < -0.39 is 5.97 Å². The van der Waals surface area contributed by atoms with E-state index in [0.717, 1.165) is 9.73 Å². The lowest BCUT2D eigenvalue weighted by molar-refractivity contribution is -0.137. The molecule has 0 saturated heterocycles. The minimum Gasteiger partial charge on any atom is -0.481 e. The number of hydrogen-bond acceptors (Lipinski definition) is 4. The molecule has 0 bridgehead atoms. The highest BCUT2D eigenvalue weighted by atomic mass is 79.9. The van der Waals surface area contributed by atoms with E-state index >= 15 is 0 Å². The summed E-state index contributed by atoms with van der Waals surface area (Å²) in [7, 11) is 0. The Bertz CT molecular complexity index is 341. The van der Waals surface area contributed by atoms with Crippen LogP contribution in [0.3, 0.4) is 0 Å². The summed E-state index contributed by atoms with van der Waals surface area (Å²) in [5, 5.41) is 14.5. The number of aromatic nitrogens is 1. The third kappa shape index (κ3) is 4.17. The maximum atomic E-state index is 10.6. The minimum atomic E-state index is -0.795. The first-order valence-corrected chi connectivity index (χ1v) is 6.25. The Morgan fingerprint density at radius 2 is 2.40 bits per heavy atom. The van der Waals surface area contributed by atoms with Crippen LogP contribution in [0.1, 0.15) is 20.3 Å². The number of nitrogens with zero attached hydrogens (tertiary/aromatic N) is 1. The van der Waals surface area contributed by atoms with Crippen LogP contribution in [0.25, 0.3) is 0 Å². The van der Waals surface area contributed by atoms with Gasteiger partial charge in [0, 0.05) is 11.4 Å². The summed E-state index contributed by atoms with van der Waals surface area (Å²) < 4.78 is 0.771. The van der Waals surface area contributed by atoms with Gasteiger partial charge >= 0.3 is 5.97 Å². The number of nitrogens with one attached hydrogen (secondary N) is 1. The molecule has 1 aromatic rings. The SMILES string of the molecule is CC(C)C(CC(=O)O)Nc1nc(Br)cs1. The fourth-order valence-electron chi connectivity index (χ4n) is 1.12. The lowest BCUT2D eigenvalue weighted by Gasteiger charge is -2.19. The number of carboxylic acids is 1. The average molecular weight is 293 g/mol. The molecule has 84 valence electrons. The van der Waals surface area contributed by atoms with Crippen molar-refractivity contribution in [1.82, 2.24) is 4.98 Å². The molecular formula is C9H13BrN2O2S. The van der Waals surface area contributed by atoms with Gasteiger partial charge in [-0.25, -0.2) is 4.98 Å². The Morgan fingerprint density at radius 3 is 2.80 bits per heavy atom. The molecule has 6 heteroatoms. The molecule has 4 nitrogen and oxygen atoms in total. The summed E-state index contributed by atoms with van der Waals surface area (Å²) >= 11 is 4.71. The summed E-state index contributed by atoms with van der Waals surface area (Å²) in [6.45, 7) is 3.98. The first-order valence-electron chi connectivity index (χ1n) is 4.58. The zero-order valence-corrected chi connectivity index (χ0v) is 10.9. The van der Waals surface area contributed by atoms with E-state index in [2.05, 4.69) is 26.2 Å². The van der Waals surface area contributed by atoms with Crippen molar-refractivity contribution in [1.29, 1.82) is 0 Å². The second-order valence-corrected chi connectivity index (χ2v) is 5.24. The van der Waals surface area contributed by atoms with Crippen LogP contribution in [-0.2, 0) is 4.79 Å². The maximum absolute atomic E-state index is 10.6. The van der Waals surface area contributed by atoms with Crippen LogP contribution < -0.4 is 5.32 Å². The molecule has 0 spiro atoms. The van der Waals surface area contributed by atoms with Gasteiger partial charge < -0.3 is 10.4 Å². The molecule has 1 aromatic heterocycles. The molecule has 1 heterocycles. The van der Waals surface area contributed by atoms with Crippen molar-refractivity contribution < 1.29 is 9.90 Å². The van der Waals surface area contributed by atoms with Crippen LogP contribution in [0.5, 0.6) is 0 Å². The van der Waals surface area contributed by atoms with Crippen LogP contribution in [0, 0.1) is 5.92 Å². The van der Waals surface area contributed by atoms with Crippen LogP contribution in [0.2, 0.25) is 0 Å². The largest absolute Gasteiger partial charge is 0.481 e. The third-order valence-corrected chi connectivity index (χ3v) is 3.47. The van der Waals surface area contributed by atoms with Gasteiger partial charge in [-0.3, -0.25) is 4.79 Å². The summed E-state index contributed by atoms with van der Waals surface area (Å²) in [5.41, 5.74) is 0. The summed E-state index contributed by atoms with van der Waals surface area (Å²) in [4.78, 5) is 14.8. The van der Waals surface area contributed by atoms with E-state index in [-0.39, 0.29) is 18.4 Å². The molecule has 0 amide bonds. The van der Waals surface area contributed by atoms with Crippen molar-refractivity contribution >= 4 is 38.4 Å². The topological polar surface area (TPSA) is 62.2 Å². The first kappa shape index (κ1) is 12.4. The van der Waals surface area contributed by atoms with Gasteiger partial charge in [0.2, 0.25) is 0 Å². The van der Waals surface area contributed by atoms with Gasteiger partial charge in [-0.2, -0.15) is 0 Å². The molecule has 1 atom stereocenters. The minimum absolute atomic E-state index is 0.0828. The van der Waals surface area contributed by atoms with E-state index in [1.165, 1.54) is 11.3 Å². The quantitative estimate of drug-likeness (QED) is 0.876. The molecule has 0 aliphatic carbocycles. The smallest absolute Gasteiger partial charge is 0.305 e. The Labute approximate surface area is 101 Å². The zero-order chi connectivity index (χ0) is 11.4. The van der Waals surface area contributed by atoms with Crippen molar-refractivity contribution in [3.63, 3.8) is 0 Å². The zero-order valence-electron chi connectivity index (χ0n) is 8.53. The van der Waals surface area contributed by atoms with Gasteiger partial charge in [-0.05, 0) is 21.8 Å². The van der Waals surface area contributed by atoms with Crippen LogP contribution in [0.15, 0.2) is 9.98 Å². The molecule has 0 fully saturated rings. The summed E-state index contributed by atoms with van der Waals surface area (Å²) in [6, 6.07) is -0.0828.